The second-order valence-corrected chi connectivity index (χ2v) is 19.5. The Morgan fingerprint density at radius 1 is 1.04 bits per heavy atom. The molecule has 0 heterocycles. The van der Waals surface area contributed by atoms with Crippen molar-refractivity contribution in [2.45, 2.75) is 66.3 Å². The van der Waals surface area contributed by atoms with Crippen molar-refractivity contribution in [3.05, 3.63) is 50.9 Å². The van der Waals surface area contributed by atoms with Crippen molar-refractivity contribution < 1.29 is 22.2 Å². The average molecular weight is 416 g/mol. The van der Waals surface area contributed by atoms with Crippen molar-refractivity contribution in [3.8, 4) is 0 Å². The minimum absolute atomic E-state index is 0.256. The molecule has 4 heteroatoms. The molecule has 1 fully saturated rings. The van der Waals surface area contributed by atoms with Crippen molar-refractivity contribution in [2.75, 3.05) is 0 Å². The summed E-state index contributed by atoms with van der Waals surface area (Å²) >= 11 is -1.90. The Hall–Kier alpha value is -0.899. The molecule has 1 saturated carbocycles. The molecule has 2 aliphatic rings. The average Bonchev–Trinajstić information content (AvgIpc) is 2.90. The van der Waals surface area contributed by atoms with Crippen LogP contribution in [0.1, 0.15) is 59.8 Å². The van der Waals surface area contributed by atoms with Crippen LogP contribution in [0, 0.1) is 11.8 Å². The van der Waals surface area contributed by atoms with Gasteiger partial charge in [-0.3, -0.25) is 0 Å². The SMILES string of the molecule is CC1=C(C)C(C)[C]([Ti]([NH]C(=O)C2CCCCC2)[SiH](C)c2ccccc2)=C1C. The Balaban J connectivity index is 1.91. The molecule has 2 atom stereocenters. The Bertz CT molecular complexity index is 749. The van der Waals surface area contributed by atoms with Gasteiger partial charge in [0.25, 0.3) is 0 Å². The molecule has 1 N–H and O–H groups in total. The molecule has 1 aromatic rings. The quantitative estimate of drug-likeness (QED) is 0.691. The van der Waals surface area contributed by atoms with Crippen LogP contribution in [-0.4, -0.2) is 12.6 Å². The maximum absolute atomic E-state index is 13.2. The Morgan fingerprint density at radius 2 is 1.67 bits per heavy atom. The van der Waals surface area contributed by atoms with E-state index < -0.39 is 24.0 Å². The van der Waals surface area contributed by atoms with Crippen molar-refractivity contribution in [2.24, 2.45) is 11.8 Å². The van der Waals surface area contributed by atoms with E-state index in [4.69, 9.17) is 0 Å². The third-order valence-electron chi connectivity index (χ3n) is 6.90. The number of nitrogens with one attached hydrogen (secondary N) is 1. The monoisotopic (exact) mass is 416 g/mol. The van der Waals surface area contributed by atoms with Gasteiger partial charge in [0.1, 0.15) is 0 Å². The van der Waals surface area contributed by atoms with Crippen LogP contribution in [0.4, 0.5) is 0 Å². The summed E-state index contributed by atoms with van der Waals surface area (Å²) in [6.07, 6.45) is 5.91. The molecule has 0 bridgehead atoms. The van der Waals surface area contributed by atoms with Crippen molar-refractivity contribution in [1.82, 2.24) is 3.80 Å². The van der Waals surface area contributed by atoms with Crippen LogP contribution in [0.2, 0.25) is 6.55 Å². The predicted molar refractivity (Wildman–Crippen MR) is 114 cm³/mol. The van der Waals surface area contributed by atoms with E-state index in [1.165, 1.54) is 41.2 Å². The van der Waals surface area contributed by atoms with E-state index in [0.29, 0.717) is 11.8 Å². The topological polar surface area (TPSA) is 29.1 Å². The molecule has 0 aliphatic heterocycles. The van der Waals surface area contributed by atoms with Gasteiger partial charge in [-0.15, -0.1) is 0 Å². The summed E-state index contributed by atoms with van der Waals surface area (Å²) in [5.74, 6) is 1.13. The van der Waals surface area contributed by atoms with Gasteiger partial charge in [0, 0.05) is 0 Å². The van der Waals surface area contributed by atoms with Crippen LogP contribution in [0.5, 0.6) is 0 Å². The molecule has 1 amide bonds. The second kappa shape index (κ2) is 9.07. The molecule has 1 aromatic carbocycles. The third-order valence-corrected chi connectivity index (χ3v) is 19.6. The fraction of sp³-hybridized carbons (Fsp3) is 0.522. The number of amides is 1. The summed E-state index contributed by atoms with van der Waals surface area (Å²) in [6, 6.07) is 11.0. The molecule has 0 aromatic heterocycles. The van der Waals surface area contributed by atoms with Gasteiger partial charge >= 0.3 is 173 Å². The normalized spacial score (nSPS) is 22.2. The van der Waals surface area contributed by atoms with E-state index in [1.807, 2.05) is 0 Å². The molecule has 0 saturated heterocycles. The van der Waals surface area contributed by atoms with E-state index in [2.05, 4.69) is 68.4 Å². The Morgan fingerprint density at radius 3 is 2.22 bits per heavy atom. The number of hydrogen-bond acceptors (Lipinski definition) is 1. The molecule has 0 spiro atoms. The number of carbonyl (C=O) groups is 1. The van der Waals surface area contributed by atoms with Crippen LogP contribution in [0.15, 0.2) is 50.9 Å². The summed E-state index contributed by atoms with van der Waals surface area (Å²) in [4.78, 5) is 13.2. The molecule has 145 valence electrons. The number of carbonyl (C=O) groups excluding carboxylic acids is 1. The van der Waals surface area contributed by atoms with Crippen molar-refractivity contribution in [1.29, 1.82) is 0 Å². The van der Waals surface area contributed by atoms with Crippen LogP contribution in [0.3, 0.4) is 0 Å². The van der Waals surface area contributed by atoms with E-state index in [9.17, 15) is 4.79 Å². The second-order valence-electron chi connectivity index (χ2n) is 8.44. The van der Waals surface area contributed by atoms with Gasteiger partial charge < -0.3 is 0 Å². The fourth-order valence-electron chi connectivity index (χ4n) is 4.72. The number of rotatable bonds is 5. The minimum atomic E-state index is -1.90. The van der Waals surface area contributed by atoms with Gasteiger partial charge in [0.15, 0.2) is 0 Å². The molecular formula is C23H34NOSiTi. The van der Waals surface area contributed by atoms with Gasteiger partial charge in [0.2, 0.25) is 0 Å². The van der Waals surface area contributed by atoms with Crippen molar-refractivity contribution >= 4 is 17.8 Å². The van der Waals surface area contributed by atoms with Crippen LogP contribution in [-0.2, 0) is 22.2 Å². The number of benzene rings is 1. The zero-order chi connectivity index (χ0) is 19.6. The zero-order valence-corrected chi connectivity index (χ0v) is 20.3. The first-order chi connectivity index (χ1) is 12.9. The van der Waals surface area contributed by atoms with Crippen molar-refractivity contribution in [3.63, 3.8) is 0 Å². The first kappa shape index (κ1) is 20.8. The molecule has 27 heavy (non-hydrogen) atoms. The standard InChI is InChI=1S/C9H13.C7H13NO.C7H9Si.Ti/c1-6-5-7(2)9(4)8(6)3;8-7(9)6-4-2-1-3-5-6;1-8-7-5-3-2-4-6-7;/h6H,1-4H3;6H,1-5H2,(H2,8,9);2-6,8H,1H3;/q;;;+1/p-1. The molecule has 2 unspecified atom stereocenters. The van der Waals surface area contributed by atoms with E-state index in [-0.39, 0.29) is 5.92 Å². The van der Waals surface area contributed by atoms with Crippen LogP contribution in [0.25, 0.3) is 0 Å². The first-order valence-corrected chi connectivity index (χ1v) is 17.1. The molecule has 0 radical (unpaired) electrons. The summed E-state index contributed by atoms with van der Waals surface area (Å²) in [7, 11) is 0. The summed E-state index contributed by atoms with van der Waals surface area (Å²) in [5, 5.41) is 1.51. The predicted octanol–water partition coefficient (Wildman–Crippen LogP) is 4.74. The summed E-state index contributed by atoms with van der Waals surface area (Å²) < 4.78 is 5.37. The summed E-state index contributed by atoms with van der Waals surface area (Å²) in [5.41, 5.74) is 4.45. The Kier molecular flexibility index (Phi) is 6.99. The number of hydrogen-bond donors (Lipinski definition) is 1. The van der Waals surface area contributed by atoms with Crippen LogP contribution >= 0.6 is 0 Å². The first-order valence-electron chi connectivity index (χ1n) is 10.5. The zero-order valence-electron chi connectivity index (χ0n) is 17.6. The van der Waals surface area contributed by atoms with E-state index in [1.54, 1.807) is 3.88 Å². The van der Waals surface area contributed by atoms with Gasteiger partial charge in [-0.2, -0.15) is 0 Å². The molecule has 3 rings (SSSR count). The molecule has 2 aliphatic carbocycles. The van der Waals surface area contributed by atoms with Gasteiger partial charge in [0.05, 0.1) is 0 Å². The Labute approximate surface area is 172 Å². The van der Waals surface area contributed by atoms with Gasteiger partial charge in [-0.25, -0.2) is 0 Å². The summed E-state index contributed by atoms with van der Waals surface area (Å²) in [6.45, 7) is 10.5. The van der Waals surface area contributed by atoms with Crippen LogP contribution < -0.4 is 8.99 Å². The maximum atomic E-state index is 13.2. The van der Waals surface area contributed by atoms with E-state index in [0.717, 1.165) is 12.8 Å². The third kappa shape index (κ3) is 4.41. The molecular weight excluding hydrogens is 382 g/mol. The molecule has 2 nitrogen and oxygen atoms in total. The number of allylic oxidation sites excluding steroid dienone is 4. The van der Waals surface area contributed by atoms with E-state index >= 15 is 0 Å². The van der Waals surface area contributed by atoms with Gasteiger partial charge in [-0.1, -0.05) is 0 Å². The fourth-order valence-corrected chi connectivity index (χ4v) is 17.6. The van der Waals surface area contributed by atoms with Gasteiger partial charge in [-0.05, 0) is 0 Å².